The van der Waals surface area contributed by atoms with Gasteiger partial charge in [-0.1, -0.05) is 54.6 Å². The third-order valence-corrected chi connectivity index (χ3v) is 3.04. The van der Waals surface area contributed by atoms with Crippen molar-refractivity contribution >= 4 is 11.6 Å². The van der Waals surface area contributed by atoms with Crippen LogP contribution in [0.25, 0.3) is 11.1 Å². The van der Waals surface area contributed by atoms with Crippen LogP contribution in [0, 0.1) is 0 Å². The summed E-state index contributed by atoms with van der Waals surface area (Å²) < 4.78 is 0. The number of aliphatic hydroxyl groups is 1. The van der Waals surface area contributed by atoms with E-state index in [1.807, 2.05) is 30.3 Å². The SMILES string of the molecule is O[C@@H](CCl)Cc1cccc(-c2ccccc2)c1. The molecule has 0 aromatic heterocycles. The van der Waals surface area contributed by atoms with E-state index in [1.165, 1.54) is 11.1 Å². The van der Waals surface area contributed by atoms with Crippen molar-refractivity contribution in [2.75, 3.05) is 5.88 Å². The van der Waals surface area contributed by atoms with Crippen molar-refractivity contribution in [3.8, 4) is 11.1 Å². The van der Waals surface area contributed by atoms with Crippen LogP contribution in [0.3, 0.4) is 0 Å². The molecule has 2 aromatic rings. The third-order valence-electron chi connectivity index (χ3n) is 2.68. The number of alkyl halides is 1. The maximum absolute atomic E-state index is 9.54. The quantitative estimate of drug-likeness (QED) is 0.819. The molecule has 17 heavy (non-hydrogen) atoms. The van der Waals surface area contributed by atoms with Crippen LogP contribution in [-0.2, 0) is 6.42 Å². The Labute approximate surface area is 107 Å². The zero-order valence-corrected chi connectivity index (χ0v) is 10.3. The minimum atomic E-state index is -0.470. The minimum Gasteiger partial charge on any atom is -0.392 e. The number of hydrogen-bond donors (Lipinski definition) is 1. The van der Waals surface area contributed by atoms with Crippen molar-refractivity contribution in [2.24, 2.45) is 0 Å². The Morgan fingerprint density at radius 1 is 0.941 bits per heavy atom. The fourth-order valence-corrected chi connectivity index (χ4v) is 1.94. The first-order valence-electron chi connectivity index (χ1n) is 5.68. The van der Waals surface area contributed by atoms with Crippen molar-refractivity contribution in [3.05, 3.63) is 60.2 Å². The lowest BCUT2D eigenvalue weighted by atomic mass is 10.0. The molecule has 0 fully saturated rings. The van der Waals surface area contributed by atoms with Crippen molar-refractivity contribution in [3.63, 3.8) is 0 Å². The summed E-state index contributed by atoms with van der Waals surface area (Å²) in [6.07, 6.45) is 0.132. The van der Waals surface area contributed by atoms with Gasteiger partial charge in [0.1, 0.15) is 0 Å². The van der Waals surface area contributed by atoms with Gasteiger partial charge < -0.3 is 5.11 Å². The maximum Gasteiger partial charge on any atom is 0.0715 e. The Kier molecular flexibility index (Phi) is 4.18. The van der Waals surface area contributed by atoms with Crippen molar-refractivity contribution in [1.82, 2.24) is 0 Å². The Hall–Kier alpha value is -1.31. The van der Waals surface area contributed by atoms with E-state index in [4.69, 9.17) is 11.6 Å². The molecule has 0 heterocycles. The second-order valence-electron chi connectivity index (χ2n) is 4.08. The lowest BCUT2D eigenvalue weighted by Crippen LogP contribution is -2.11. The largest absolute Gasteiger partial charge is 0.392 e. The lowest BCUT2D eigenvalue weighted by molar-refractivity contribution is 0.199. The molecule has 1 atom stereocenters. The van der Waals surface area contributed by atoms with Gasteiger partial charge in [0, 0.05) is 5.88 Å². The van der Waals surface area contributed by atoms with Gasteiger partial charge in [-0.05, 0) is 23.1 Å². The molecule has 0 saturated carbocycles. The molecular weight excluding hydrogens is 232 g/mol. The second-order valence-corrected chi connectivity index (χ2v) is 4.39. The van der Waals surface area contributed by atoms with E-state index in [0.717, 1.165) is 5.56 Å². The predicted molar refractivity (Wildman–Crippen MR) is 72.3 cm³/mol. The van der Waals surface area contributed by atoms with E-state index >= 15 is 0 Å². The molecule has 0 aliphatic rings. The molecule has 88 valence electrons. The van der Waals surface area contributed by atoms with Gasteiger partial charge in [0.2, 0.25) is 0 Å². The predicted octanol–water partition coefficient (Wildman–Crippen LogP) is 3.50. The zero-order chi connectivity index (χ0) is 12.1. The molecule has 0 saturated heterocycles. The first-order chi connectivity index (χ1) is 8.29. The van der Waals surface area contributed by atoms with Crippen LogP contribution in [0.2, 0.25) is 0 Å². The lowest BCUT2D eigenvalue weighted by Gasteiger charge is -2.08. The van der Waals surface area contributed by atoms with Crippen molar-refractivity contribution in [2.45, 2.75) is 12.5 Å². The van der Waals surface area contributed by atoms with Crippen LogP contribution in [0.4, 0.5) is 0 Å². The van der Waals surface area contributed by atoms with E-state index in [1.54, 1.807) is 0 Å². The van der Waals surface area contributed by atoms with Gasteiger partial charge in [-0.25, -0.2) is 0 Å². The molecule has 0 radical (unpaired) electrons. The molecule has 1 N–H and O–H groups in total. The van der Waals surface area contributed by atoms with E-state index in [0.29, 0.717) is 6.42 Å². The summed E-state index contributed by atoms with van der Waals surface area (Å²) in [5.41, 5.74) is 3.47. The highest BCUT2D eigenvalue weighted by Crippen LogP contribution is 2.20. The second kappa shape index (κ2) is 5.85. The average molecular weight is 247 g/mol. The third kappa shape index (κ3) is 3.32. The molecule has 2 rings (SSSR count). The number of aliphatic hydroxyl groups excluding tert-OH is 1. The Bertz CT molecular complexity index is 467. The van der Waals surface area contributed by atoms with E-state index in [-0.39, 0.29) is 5.88 Å². The van der Waals surface area contributed by atoms with Crippen LogP contribution in [0.1, 0.15) is 5.56 Å². The van der Waals surface area contributed by atoms with Gasteiger partial charge in [0.25, 0.3) is 0 Å². The monoisotopic (exact) mass is 246 g/mol. The summed E-state index contributed by atoms with van der Waals surface area (Å²) in [5.74, 6) is 0.273. The topological polar surface area (TPSA) is 20.2 Å². The van der Waals surface area contributed by atoms with Crippen LogP contribution in [-0.4, -0.2) is 17.1 Å². The summed E-state index contributed by atoms with van der Waals surface area (Å²) in [4.78, 5) is 0. The number of halogens is 1. The number of benzene rings is 2. The van der Waals surface area contributed by atoms with E-state index in [9.17, 15) is 5.11 Å². The minimum absolute atomic E-state index is 0.273. The standard InChI is InChI=1S/C15H15ClO/c16-11-15(17)10-12-5-4-8-14(9-12)13-6-2-1-3-7-13/h1-9,15,17H,10-11H2/t15-/m1/s1. The summed E-state index contributed by atoms with van der Waals surface area (Å²) in [6.45, 7) is 0. The Morgan fingerprint density at radius 2 is 1.65 bits per heavy atom. The summed E-state index contributed by atoms with van der Waals surface area (Å²) in [5, 5.41) is 9.54. The van der Waals surface area contributed by atoms with Crippen LogP contribution < -0.4 is 0 Å². The van der Waals surface area contributed by atoms with Crippen LogP contribution >= 0.6 is 11.6 Å². The molecular formula is C15H15ClO. The van der Waals surface area contributed by atoms with Crippen LogP contribution in [0.15, 0.2) is 54.6 Å². The van der Waals surface area contributed by atoms with Gasteiger partial charge in [-0.15, -0.1) is 11.6 Å². The fourth-order valence-electron chi connectivity index (χ4n) is 1.84. The van der Waals surface area contributed by atoms with Crippen LogP contribution in [0.5, 0.6) is 0 Å². The molecule has 0 bridgehead atoms. The molecule has 1 nitrogen and oxygen atoms in total. The highest BCUT2D eigenvalue weighted by Gasteiger charge is 2.04. The normalized spacial score (nSPS) is 12.4. The number of hydrogen-bond acceptors (Lipinski definition) is 1. The molecule has 0 amide bonds. The first-order valence-corrected chi connectivity index (χ1v) is 6.21. The number of rotatable bonds is 4. The van der Waals surface area contributed by atoms with Gasteiger partial charge in [0.05, 0.1) is 6.10 Å². The molecule has 2 aromatic carbocycles. The summed E-state index contributed by atoms with van der Waals surface area (Å²) in [7, 11) is 0. The average Bonchev–Trinajstić information content (AvgIpc) is 2.40. The molecule has 0 unspecified atom stereocenters. The van der Waals surface area contributed by atoms with Gasteiger partial charge in [-0.2, -0.15) is 0 Å². The maximum atomic E-state index is 9.54. The molecule has 0 aliphatic heterocycles. The molecule has 0 spiro atoms. The van der Waals surface area contributed by atoms with Crippen molar-refractivity contribution in [1.29, 1.82) is 0 Å². The van der Waals surface area contributed by atoms with E-state index < -0.39 is 6.10 Å². The molecule has 0 aliphatic carbocycles. The van der Waals surface area contributed by atoms with Gasteiger partial charge >= 0.3 is 0 Å². The molecule has 2 heteroatoms. The fraction of sp³-hybridized carbons (Fsp3) is 0.200. The van der Waals surface area contributed by atoms with Gasteiger partial charge in [0.15, 0.2) is 0 Å². The summed E-state index contributed by atoms with van der Waals surface area (Å²) >= 11 is 5.61. The van der Waals surface area contributed by atoms with Crippen molar-refractivity contribution < 1.29 is 5.11 Å². The van der Waals surface area contributed by atoms with E-state index in [2.05, 4.69) is 24.3 Å². The Morgan fingerprint density at radius 3 is 2.35 bits per heavy atom. The smallest absolute Gasteiger partial charge is 0.0715 e. The highest BCUT2D eigenvalue weighted by molar-refractivity contribution is 6.18. The zero-order valence-electron chi connectivity index (χ0n) is 9.51. The highest BCUT2D eigenvalue weighted by atomic mass is 35.5. The first kappa shape index (κ1) is 12.2. The van der Waals surface area contributed by atoms with Gasteiger partial charge in [-0.3, -0.25) is 0 Å². The summed E-state index contributed by atoms with van der Waals surface area (Å²) in [6, 6.07) is 18.4. The Balaban J connectivity index is 2.23.